The standard InChI is InChI=1S/C20H26N2O2S/c1-6-24-18-11-17(20(18,3)4)22(5)19(23)15-7-8-16(21-13(15)2)14-9-10-25-12-14/h7-10,12,17-18H,6,11H2,1-5H3. The van der Waals surface area contributed by atoms with Gasteiger partial charge in [-0.25, -0.2) is 0 Å². The Hall–Kier alpha value is -1.72. The lowest BCUT2D eigenvalue weighted by molar-refractivity contribution is -0.136. The Bertz CT molecular complexity index is 755. The SMILES string of the molecule is CCOC1CC(N(C)C(=O)c2ccc(-c3ccsc3)nc2C)C1(C)C. The predicted octanol–water partition coefficient (Wildman–Crippen LogP) is 4.39. The highest BCUT2D eigenvalue weighted by Crippen LogP contribution is 2.45. The summed E-state index contributed by atoms with van der Waals surface area (Å²) < 4.78 is 5.79. The maximum absolute atomic E-state index is 13.0. The molecule has 2 aromatic rings. The number of aryl methyl sites for hydroxylation is 1. The van der Waals surface area contributed by atoms with Crippen molar-refractivity contribution >= 4 is 17.2 Å². The molecule has 4 nitrogen and oxygen atoms in total. The van der Waals surface area contributed by atoms with Crippen LogP contribution in [0.3, 0.4) is 0 Å². The van der Waals surface area contributed by atoms with Crippen LogP contribution in [0.25, 0.3) is 11.3 Å². The molecule has 0 aliphatic heterocycles. The fourth-order valence-corrected chi connectivity index (χ4v) is 4.34. The highest BCUT2D eigenvalue weighted by atomic mass is 32.1. The van der Waals surface area contributed by atoms with Gasteiger partial charge in [0, 0.05) is 36.1 Å². The van der Waals surface area contributed by atoms with Crippen LogP contribution in [-0.4, -0.2) is 41.6 Å². The third kappa shape index (κ3) is 3.23. The molecule has 1 aliphatic rings. The van der Waals surface area contributed by atoms with Crippen LogP contribution in [0.15, 0.2) is 29.0 Å². The first kappa shape index (κ1) is 18.1. The van der Waals surface area contributed by atoms with Gasteiger partial charge in [0.05, 0.1) is 23.1 Å². The van der Waals surface area contributed by atoms with Gasteiger partial charge in [0.2, 0.25) is 0 Å². The smallest absolute Gasteiger partial charge is 0.255 e. The van der Waals surface area contributed by atoms with Gasteiger partial charge in [-0.3, -0.25) is 9.78 Å². The molecule has 25 heavy (non-hydrogen) atoms. The Morgan fingerprint density at radius 1 is 1.40 bits per heavy atom. The minimum absolute atomic E-state index is 0.0294. The second-order valence-electron chi connectivity index (χ2n) is 7.27. The largest absolute Gasteiger partial charge is 0.378 e. The average Bonchev–Trinajstić information content (AvgIpc) is 3.11. The number of aromatic nitrogens is 1. The van der Waals surface area contributed by atoms with Crippen LogP contribution < -0.4 is 0 Å². The zero-order valence-electron chi connectivity index (χ0n) is 15.6. The lowest BCUT2D eigenvalue weighted by Gasteiger charge is -2.54. The van der Waals surface area contributed by atoms with E-state index in [2.05, 4.69) is 24.2 Å². The number of carbonyl (C=O) groups is 1. The Labute approximate surface area is 153 Å². The van der Waals surface area contributed by atoms with Crippen molar-refractivity contribution in [2.45, 2.75) is 46.3 Å². The first-order valence-electron chi connectivity index (χ1n) is 8.75. The number of rotatable bonds is 5. The maximum atomic E-state index is 13.0. The molecule has 0 aromatic carbocycles. The van der Waals surface area contributed by atoms with Gasteiger partial charge in [-0.05, 0) is 43.8 Å². The molecule has 0 bridgehead atoms. The van der Waals surface area contributed by atoms with Crippen molar-refractivity contribution in [2.75, 3.05) is 13.7 Å². The summed E-state index contributed by atoms with van der Waals surface area (Å²) in [6, 6.07) is 6.07. The molecule has 5 heteroatoms. The summed E-state index contributed by atoms with van der Waals surface area (Å²) >= 11 is 1.65. The summed E-state index contributed by atoms with van der Waals surface area (Å²) in [5.41, 5.74) is 3.44. The zero-order valence-corrected chi connectivity index (χ0v) is 16.4. The van der Waals surface area contributed by atoms with Crippen molar-refractivity contribution in [3.8, 4) is 11.3 Å². The van der Waals surface area contributed by atoms with E-state index in [1.54, 1.807) is 11.3 Å². The second kappa shape index (κ2) is 6.89. The lowest BCUT2D eigenvalue weighted by Crippen LogP contribution is -2.62. The van der Waals surface area contributed by atoms with E-state index < -0.39 is 0 Å². The second-order valence-corrected chi connectivity index (χ2v) is 8.05. The van der Waals surface area contributed by atoms with Crippen LogP contribution in [0.1, 0.15) is 43.2 Å². The molecule has 1 saturated carbocycles. The summed E-state index contributed by atoms with van der Waals surface area (Å²) in [5, 5.41) is 4.10. The van der Waals surface area contributed by atoms with Crippen molar-refractivity contribution in [3.63, 3.8) is 0 Å². The van der Waals surface area contributed by atoms with Crippen molar-refractivity contribution in [3.05, 3.63) is 40.2 Å². The fraction of sp³-hybridized carbons (Fsp3) is 0.500. The van der Waals surface area contributed by atoms with Crippen LogP contribution in [0.5, 0.6) is 0 Å². The molecule has 134 valence electrons. The first-order valence-corrected chi connectivity index (χ1v) is 9.69. The molecule has 1 amide bonds. The minimum atomic E-state index is -0.0294. The normalized spacial score (nSPS) is 21.6. The Balaban J connectivity index is 1.77. The van der Waals surface area contributed by atoms with E-state index >= 15 is 0 Å². The number of nitrogens with zero attached hydrogens (tertiary/aromatic N) is 2. The quantitative estimate of drug-likeness (QED) is 0.796. The van der Waals surface area contributed by atoms with E-state index in [1.165, 1.54) is 0 Å². The Morgan fingerprint density at radius 3 is 2.72 bits per heavy atom. The molecular formula is C20H26N2O2S. The highest BCUT2D eigenvalue weighted by Gasteiger charge is 2.51. The highest BCUT2D eigenvalue weighted by molar-refractivity contribution is 7.08. The van der Waals surface area contributed by atoms with Crippen LogP contribution in [0, 0.1) is 12.3 Å². The summed E-state index contributed by atoms with van der Waals surface area (Å²) in [4.78, 5) is 19.5. The number of hydrogen-bond donors (Lipinski definition) is 0. The van der Waals surface area contributed by atoms with E-state index in [-0.39, 0.29) is 23.5 Å². The van der Waals surface area contributed by atoms with Gasteiger partial charge in [-0.15, -0.1) is 0 Å². The molecule has 1 aliphatic carbocycles. The van der Waals surface area contributed by atoms with Crippen molar-refractivity contribution in [2.24, 2.45) is 5.41 Å². The summed E-state index contributed by atoms with van der Waals surface area (Å²) in [6.07, 6.45) is 1.11. The average molecular weight is 359 g/mol. The third-order valence-electron chi connectivity index (χ3n) is 5.41. The molecule has 2 aromatic heterocycles. The molecule has 0 N–H and O–H groups in total. The van der Waals surface area contributed by atoms with Crippen LogP contribution in [0.4, 0.5) is 0 Å². The van der Waals surface area contributed by atoms with E-state index in [0.29, 0.717) is 12.2 Å². The van der Waals surface area contributed by atoms with Crippen LogP contribution in [0.2, 0.25) is 0 Å². The van der Waals surface area contributed by atoms with Gasteiger partial charge >= 0.3 is 0 Å². The summed E-state index contributed by atoms with van der Waals surface area (Å²) in [5.74, 6) is 0.0369. The first-order chi connectivity index (χ1) is 11.9. The summed E-state index contributed by atoms with van der Waals surface area (Å²) in [7, 11) is 1.89. The maximum Gasteiger partial charge on any atom is 0.255 e. The number of hydrogen-bond acceptors (Lipinski definition) is 4. The zero-order chi connectivity index (χ0) is 18.2. The van der Waals surface area contributed by atoms with Crippen LogP contribution >= 0.6 is 11.3 Å². The minimum Gasteiger partial charge on any atom is -0.378 e. The molecule has 3 rings (SSSR count). The molecule has 1 fully saturated rings. The Morgan fingerprint density at radius 2 is 2.16 bits per heavy atom. The molecular weight excluding hydrogens is 332 g/mol. The number of carbonyl (C=O) groups excluding carboxylic acids is 1. The number of amides is 1. The Kier molecular flexibility index (Phi) is 4.98. The van der Waals surface area contributed by atoms with Gasteiger partial charge in [-0.2, -0.15) is 11.3 Å². The van der Waals surface area contributed by atoms with Gasteiger partial charge in [-0.1, -0.05) is 13.8 Å². The summed E-state index contributed by atoms with van der Waals surface area (Å²) in [6.45, 7) is 8.99. The predicted molar refractivity (Wildman–Crippen MR) is 102 cm³/mol. The van der Waals surface area contributed by atoms with E-state index in [9.17, 15) is 4.79 Å². The number of thiophene rings is 1. The molecule has 0 saturated heterocycles. The van der Waals surface area contributed by atoms with Crippen LogP contribution in [-0.2, 0) is 4.74 Å². The number of pyridine rings is 1. The molecule has 0 radical (unpaired) electrons. The molecule has 2 heterocycles. The molecule has 2 atom stereocenters. The molecule has 2 unspecified atom stereocenters. The van der Waals surface area contributed by atoms with Gasteiger partial charge in [0.1, 0.15) is 0 Å². The van der Waals surface area contributed by atoms with E-state index in [4.69, 9.17) is 4.74 Å². The third-order valence-corrected chi connectivity index (χ3v) is 6.10. The topological polar surface area (TPSA) is 42.4 Å². The monoisotopic (exact) mass is 358 g/mol. The van der Waals surface area contributed by atoms with Crippen molar-refractivity contribution < 1.29 is 9.53 Å². The van der Waals surface area contributed by atoms with E-state index in [1.807, 2.05) is 49.4 Å². The van der Waals surface area contributed by atoms with Crippen molar-refractivity contribution in [1.82, 2.24) is 9.88 Å². The van der Waals surface area contributed by atoms with E-state index in [0.717, 1.165) is 23.4 Å². The fourth-order valence-electron chi connectivity index (χ4n) is 3.70. The van der Waals surface area contributed by atoms with Gasteiger partial charge < -0.3 is 9.64 Å². The molecule has 0 spiro atoms. The van der Waals surface area contributed by atoms with Gasteiger partial charge in [0.15, 0.2) is 0 Å². The lowest BCUT2D eigenvalue weighted by atomic mass is 9.63. The van der Waals surface area contributed by atoms with Crippen molar-refractivity contribution in [1.29, 1.82) is 0 Å². The number of ether oxygens (including phenoxy) is 1. The van der Waals surface area contributed by atoms with Gasteiger partial charge in [0.25, 0.3) is 5.91 Å².